The number of benzene rings is 1. The summed E-state index contributed by atoms with van der Waals surface area (Å²) < 4.78 is 5.83. The molecular weight excluding hydrogens is 312 g/mol. The summed E-state index contributed by atoms with van der Waals surface area (Å²) in [4.78, 5) is 24.3. The molecule has 3 heteroatoms. The third-order valence-electron chi connectivity index (χ3n) is 4.34. The quantitative estimate of drug-likeness (QED) is 0.502. The van der Waals surface area contributed by atoms with Gasteiger partial charge in [0, 0.05) is 17.4 Å². The van der Waals surface area contributed by atoms with Crippen LogP contribution in [0.5, 0.6) is 5.75 Å². The van der Waals surface area contributed by atoms with Crippen LogP contribution in [0.1, 0.15) is 78.0 Å². The number of carbonyl (C=O) groups is 2. The Hall–Kier alpha value is -1.64. The Kier molecular flexibility index (Phi) is 6.61. The topological polar surface area (TPSA) is 43.4 Å². The second-order valence-electron chi connectivity index (χ2n) is 9.30. The number of ether oxygens (including phenoxy) is 1. The lowest BCUT2D eigenvalue weighted by Crippen LogP contribution is -2.27. The minimum absolute atomic E-state index is 0.0672. The van der Waals surface area contributed by atoms with Crippen LogP contribution in [0.4, 0.5) is 0 Å². The Morgan fingerprint density at radius 1 is 1.08 bits per heavy atom. The summed E-state index contributed by atoms with van der Waals surface area (Å²) in [5.74, 6) is 0.335. The van der Waals surface area contributed by atoms with Gasteiger partial charge in [-0.1, -0.05) is 47.6 Å². The molecule has 1 unspecified atom stereocenters. The van der Waals surface area contributed by atoms with Crippen molar-refractivity contribution in [3.63, 3.8) is 0 Å². The fraction of sp³-hybridized carbons (Fsp3) is 0.636. The summed E-state index contributed by atoms with van der Waals surface area (Å²) in [7, 11) is 0. The largest absolute Gasteiger partial charge is 0.426 e. The van der Waals surface area contributed by atoms with Gasteiger partial charge in [0.15, 0.2) is 0 Å². The van der Waals surface area contributed by atoms with Crippen molar-refractivity contribution in [1.29, 1.82) is 0 Å². The van der Waals surface area contributed by atoms with Crippen LogP contribution in [0.25, 0.3) is 0 Å². The van der Waals surface area contributed by atoms with Gasteiger partial charge < -0.3 is 4.74 Å². The lowest BCUT2D eigenvalue weighted by molar-refractivity contribution is -0.139. The zero-order chi connectivity index (χ0) is 19.6. The molecule has 0 saturated heterocycles. The van der Waals surface area contributed by atoms with E-state index >= 15 is 0 Å². The van der Waals surface area contributed by atoms with Gasteiger partial charge in [0.1, 0.15) is 11.5 Å². The minimum Gasteiger partial charge on any atom is -0.426 e. The Morgan fingerprint density at radius 3 is 2.12 bits per heavy atom. The summed E-state index contributed by atoms with van der Waals surface area (Å²) in [6.07, 6.45) is 1.18. The molecule has 1 aromatic carbocycles. The number of hydrogen-bond donors (Lipinski definition) is 0. The van der Waals surface area contributed by atoms with Crippen molar-refractivity contribution < 1.29 is 14.3 Å². The van der Waals surface area contributed by atoms with Crippen LogP contribution in [0, 0.1) is 25.2 Å². The van der Waals surface area contributed by atoms with Gasteiger partial charge >= 0.3 is 5.97 Å². The molecule has 0 aromatic heterocycles. The van der Waals surface area contributed by atoms with Crippen molar-refractivity contribution >= 4 is 11.8 Å². The van der Waals surface area contributed by atoms with Gasteiger partial charge in [0.25, 0.3) is 0 Å². The predicted molar refractivity (Wildman–Crippen MR) is 103 cm³/mol. The van der Waals surface area contributed by atoms with E-state index < -0.39 is 0 Å². The monoisotopic (exact) mass is 346 g/mol. The highest BCUT2D eigenvalue weighted by molar-refractivity contribution is 5.78. The number of aryl methyl sites for hydroxylation is 2. The number of Topliss-reactive ketones (excluding diaryl/α,β-unsaturated/α-hetero) is 1. The van der Waals surface area contributed by atoms with Crippen LogP contribution in [-0.4, -0.2) is 11.8 Å². The van der Waals surface area contributed by atoms with Crippen LogP contribution < -0.4 is 4.74 Å². The SMILES string of the molecule is CC(=O)CC(C)(C)c1c(C)cc(C)cc1OC(=O)C(C)CC(C)(C)C. The van der Waals surface area contributed by atoms with Crippen LogP contribution in [0.3, 0.4) is 0 Å². The fourth-order valence-corrected chi connectivity index (χ4v) is 3.80. The van der Waals surface area contributed by atoms with E-state index in [1.807, 2.05) is 40.7 Å². The van der Waals surface area contributed by atoms with E-state index in [2.05, 4.69) is 26.8 Å². The first-order valence-electron chi connectivity index (χ1n) is 9.06. The van der Waals surface area contributed by atoms with E-state index in [1.54, 1.807) is 6.92 Å². The van der Waals surface area contributed by atoms with E-state index in [-0.39, 0.29) is 28.5 Å². The molecule has 1 atom stereocenters. The molecule has 0 bridgehead atoms. The number of hydrogen-bond acceptors (Lipinski definition) is 3. The molecule has 0 radical (unpaired) electrons. The van der Waals surface area contributed by atoms with Gasteiger partial charge in [-0.3, -0.25) is 9.59 Å². The molecule has 3 nitrogen and oxygen atoms in total. The number of rotatable bonds is 6. The molecule has 0 aliphatic carbocycles. The summed E-state index contributed by atoms with van der Waals surface area (Å²) >= 11 is 0. The lowest BCUT2D eigenvalue weighted by Gasteiger charge is -2.29. The molecule has 0 aliphatic rings. The standard InChI is InChI=1S/C22H34O3/c1-14-10-15(2)19(22(8,9)13-17(4)23)18(11-14)25-20(24)16(3)12-21(5,6)7/h10-11,16H,12-13H2,1-9H3. The van der Waals surface area contributed by atoms with Crippen molar-refractivity contribution in [1.82, 2.24) is 0 Å². The van der Waals surface area contributed by atoms with E-state index in [9.17, 15) is 9.59 Å². The molecule has 140 valence electrons. The highest BCUT2D eigenvalue weighted by Gasteiger charge is 2.30. The maximum atomic E-state index is 12.6. The third-order valence-corrected chi connectivity index (χ3v) is 4.34. The molecule has 0 aliphatic heterocycles. The Bertz CT molecular complexity index is 648. The highest BCUT2D eigenvalue weighted by Crippen LogP contribution is 2.38. The van der Waals surface area contributed by atoms with E-state index in [1.165, 1.54) is 0 Å². The second kappa shape index (κ2) is 7.72. The molecule has 1 aromatic rings. The van der Waals surface area contributed by atoms with Crippen molar-refractivity contribution in [3.05, 3.63) is 28.8 Å². The molecule has 0 amide bonds. The van der Waals surface area contributed by atoms with Crippen molar-refractivity contribution in [2.75, 3.05) is 0 Å². The number of ketones is 1. The van der Waals surface area contributed by atoms with Crippen molar-refractivity contribution in [2.24, 2.45) is 11.3 Å². The highest BCUT2D eigenvalue weighted by atomic mass is 16.5. The third kappa shape index (κ3) is 6.30. The van der Waals surface area contributed by atoms with Crippen LogP contribution in [0.15, 0.2) is 12.1 Å². The summed E-state index contributed by atoms with van der Waals surface area (Å²) in [6.45, 7) is 17.9. The Morgan fingerprint density at radius 2 is 1.64 bits per heavy atom. The van der Waals surface area contributed by atoms with Gasteiger partial charge in [-0.05, 0) is 49.8 Å². The fourth-order valence-electron chi connectivity index (χ4n) is 3.80. The minimum atomic E-state index is -0.382. The van der Waals surface area contributed by atoms with Gasteiger partial charge in [-0.2, -0.15) is 0 Å². The molecule has 0 heterocycles. The molecule has 0 N–H and O–H groups in total. The molecule has 25 heavy (non-hydrogen) atoms. The van der Waals surface area contributed by atoms with Crippen molar-refractivity contribution in [3.8, 4) is 5.75 Å². The average molecular weight is 347 g/mol. The summed E-state index contributed by atoms with van der Waals surface area (Å²) in [5, 5.41) is 0. The Labute approximate surface area is 153 Å². The Balaban J connectivity index is 3.22. The number of esters is 1. The van der Waals surface area contributed by atoms with Crippen molar-refractivity contribution in [2.45, 2.75) is 80.6 Å². The predicted octanol–water partition coefficient (Wildman–Crippen LogP) is 5.54. The normalized spacial score (nSPS) is 13.5. The first-order chi connectivity index (χ1) is 11.2. The molecule has 0 spiro atoms. The van der Waals surface area contributed by atoms with Gasteiger partial charge in [0.2, 0.25) is 0 Å². The zero-order valence-corrected chi connectivity index (χ0v) is 17.4. The molecule has 0 fully saturated rings. The van der Waals surface area contributed by atoms with Gasteiger partial charge in [-0.25, -0.2) is 0 Å². The van der Waals surface area contributed by atoms with E-state index in [0.717, 1.165) is 23.1 Å². The molecule has 1 rings (SSSR count). The lowest BCUT2D eigenvalue weighted by atomic mass is 9.77. The van der Waals surface area contributed by atoms with Gasteiger partial charge in [0.05, 0.1) is 5.92 Å². The van der Waals surface area contributed by atoms with Crippen LogP contribution in [-0.2, 0) is 15.0 Å². The van der Waals surface area contributed by atoms with Gasteiger partial charge in [-0.15, -0.1) is 0 Å². The first kappa shape index (κ1) is 21.4. The van der Waals surface area contributed by atoms with Crippen LogP contribution in [0.2, 0.25) is 0 Å². The smallest absolute Gasteiger partial charge is 0.314 e. The molecular formula is C22H34O3. The second-order valence-corrected chi connectivity index (χ2v) is 9.30. The number of carbonyl (C=O) groups excluding carboxylic acids is 2. The zero-order valence-electron chi connectivity index (χ0n) is 17.4. The van der Waals surface area contributed by atoms with Crippen LogP contribution >= 0.6 is 0 Å². The van der Waals surface area contributed by atoms with E-state index in [0.29, 0.717) is 12.2 Å². The first-order valence-corrected chi connectivity index (χ1v) is 9.06. The summed E-state index contributed by atoms with van der Waals surface area (Å²) in [5.41, 5.74) is 2.73. The van der Waals surface area contributed by atoms with E-state index in [4.69, 9.17) is 4.74 Å². The molecule has 0 saturated carbocycles. The summed E-state index contributed by atoms with van der Waals surface area (Å²) in [6, 6.07) is 3.99. The maximum absolute atomic E-state index is 12.6. The maximum Gasteiger partial charge on any atom is 0.314 e. The average Bonchev–Trinajstić information content (AvgIpc) is 2.32.